The molecule has 0 bridgehead atoms. The number of aliphatic hydroxyl groups excluding tert-OH is 1. The largest absolute Gasteiger partial charge is 0.421 e. The van der Waals surface area contributed by atoms with Gasteiger partial charge in [0.2, 0.25) is 0 Å². The lowest BCUT2D eigenvalue weighted by atomic mass is 10.3. The zero-order chi connectivity index (χ0) is 14.7. The first-order valence-corrected chi connectivity index (χ1v) is 7.59. The molecule has 0 aromatic carbocycles. The summed E-state index contributed by atoms with van der Waals surface area (Å²) >= 11 is 0. The van der Waals surface area contributed by atoms with Crippen molar-refractivity contribution in [3.8, 4) is 0 Å². The van der Waals surface area contributed by atoms with Gasteiger partial charge in [0.25, 0.3) is 0 Å². The van der Waals surface area contributed by atoms with Gasteiger partial charge in [-0.05, 0) is 44.4 Å². The average Bonchev–Trinajstić information content (AvgIpc) is 3.27. The summed E-state index contributed by atoms with van der Waals surface area (Å²) in [6.07, 6.45) is 5.97. The van der Waals surface area contributed by atoms with Gasteiger partial charge in [-0.1, -0.05) is 0 Å². The van der Waals surface area contributed by atoms with Gasteiger partial charge in [-0.25, -0.2) is 9.78 Å². The third-order valence-electron chi connectivity index (χ3n) is 3.95. The summed E-state index contributed by atoms with van der Waals surface area (Å²) in [6, 6.07) is 4.17. The van der Waals surface area contributed by atoms with Crippen molar-refractivity contribution in [1.29, 1.82) is 0 Å². The fourth-order valence-electron chi connectivity index (χ4n) is 2.67. The number of fused-ring (bicyclic) bond motifs is 1. The Bertz CT molecular complexity index is 645. The van der Waals surface area contributed by atoms with Crippen LogP contribution in [0.1, 0.15) is 25.7 Å². The van der Waals surface area contributed by atoms with Crippen molar-refractivity contribution in [1.82, 2.24) is 14.5 Å². The summed E-state index contributed by atoms with van der Waals surface area (Å²) < 4.78 is 6.81. The first kappa shape index (κ1) is 14.3. The lowest BCUT2D eigenvalue weighted by molar-refractivity contribution is 0.227. The monoisotopic (exact) mass is 291 g/mol. The number of hydrogen-bond acceptors (Lipinski definition) is 5. The van der Waals surface area contributed by atoms with Crippen molar-refractivity contribution in [3.05, 3.63) is 28.9 Å². The van der Waals surface area contributed by atoms with E-state index in [2.05, 4.69) is 9.88 Å². The first-order chi connectivity index (χ1) is 10.3. The molecule has 1 N–H and O–H groups in total. The fraction of sp³-hybridized carbons (Fsp3) is 0.600. The molecule has 21 heavy (non-hydrogen) atoms. The topological polar surface area (TPSA) is 71.5 Å². The molecule has 0 unspecified atom stereocenters. The number of unbranched alkanes of at least 4 members (excludes halogenated alkanes) is 1. The molecule has 0 saturated heterocycles. The molecule has 0 amide bonds. The molecule has 1 fully saturated rings. The minimum Gasteiger partial charge on any atom is -0.406 e. The van der Waals surface area contributed by atoms with Gasteiger partial charge in [0, 0.05) is 31.9 Å². The second-order valence-corrected chi connectivity index (χ2v) is 5.54. The van der Waals surface area contributed by atoms with Crippen LogP contribution in [0.15, 0.2) is 27.5 Å². The van der Waals surface area contributed by atoms with Crippen molar-refractivity contribution >= 4 is 11.2 Å². The van der Waals surface area contributed by atoms with Crippen molar-refractivity contribution in [2.24, 2.45) is 0 Å². The van der Waals surface area contributed by atoms with E-state index in [1.165, 1.54) is 12.8 Å². The highest BCUT2D eigenvalue weighted by atomic mass is 16.4. The van der Waals surface area contributed by atoms with Crippen LogP contribution in [0.25, 0.3) is 11.2 Å². The van der Waals surface area contributed by atoms with Gasteiger partial charge in [-0.15, -0.1) is 0 Å². The smallest absolute Gasteiger partial charge is 0.406 e. The molecule has 2 aromatic heterocycles. The van der Waals surface area contributed by atoms with Gasteiger partial charge in [0.1, 0.15) is 0 Å². The quantitative estimate of drug-likeness (QED) is 0.741. The van der Waals surface area contributed by atoms with Gasteiger partial charge >= 0.3 is 5.76 Å². The Morgan fingerprint density at radius 1 is 1.38 bits per heavy atom. The van der Waals surface area contributed by atoms with Crippen LogP contribution in [0.4, 0.5) is 0 Å². The maximum Gasteiger partial charge on any atom is 0.421 e. The van der Waals surface area contributed by atoms with Crippen molar-refractivity contribution < 1.29 is 9.52 Å². The molecule has 0 radical (unpaired) electrons. The molecule has 6 heteroatoms. The van der Waals surface area contributed by atoms with Crippen LogP contribution in [0.3, 0.4) is 0 Å². The number of oxazole rings is 1. The number of hydrogen-bond donors (Lipinski definition) is 1. The van der Waals surface area contributed by atoms with Gasteiger partial charge < -0.3 is 9.52 Å². The number of aliphatic hydroxyl groups is 1. The molecule has 0 aliphatic heterocycles. The second-order valence-electron chi connectivity index (χ2n) is 5.54. The molecule has 0 spiro atoms. The number of pyridine rings is 1. The molecule has 6 nitrogen and oxygen atoms in total. The molecular weight excluding hydrogens is 270 g/mol. The average molecular weight is 291 g/mol. The van der Waals surface area contributed by atoms with E-state index in [-0.39, 0.29) is 12.4 Å². The maximum atomic E-state index is 11.9. The predicted octanol–water partition coefficient (Wildman–Crippen LogP) is 1.23. The Balaban J connectivity index is 1.67. The molecule has 1 aliphatic carbocycles. The summed E-state index contributed by atoms with van der Waals surface area (Å²) in [6.45, 7) is 2.64. The van der Waals surface area contributed by atoms with Gasteiger partial charge in [0.05, 0.1) is 0 Å². The molecule has 2 heterocycles. The van der Waals surface area contributed by atoms with Crippen molar-refractivity contribution in [2.75, 3.05) is 19.7 Å². The summed E-state index contributed by atoms with van der Waals surface area (Å²) in [7, 11) is 0. The highest BCUT2D eigenvalue weighted by Crippen LogP contribution is 2.27. The van der Waals surface area contributed by atoms with Crippen LogP contribution in [0.5, 0.6) is 0 Å². The Morgan fingerprint density at radius 3 is 3.00 bits per heavy atom. The minimum atomic E-state index is -0.338. The highest BCUT2D eigenvalue weighted by molar-refractivity contribution is 5.67. The summed E-state index contributed by atoms with van der Waals surface area (Å²) in [5, 5.41) is 8.88. The Kier molecular flexibility index (Phi) is 4.36. The summed E-state index contributed by atoms with van der Waals surface area (Å²) in [5.74, 6) is -0.338. The van der Waals surface area contributed by atoms with Crippen LogP contribution in [0.2, 0.25) is 0 Å². The third-order valence-corrected chi connectivity index (χ3v) is 3.95. The van der Waals surface area contributed by atoms with E-state index in [0.29, 0.717) is 23.8 Å². The molecular formula is C15H21N3O3. The van der Waals surface area contributed by atoms with Gasteiger partial charge in [-0.2, -0.15) is 0 Å². The van der Waals surface area contributed by atoms with Crippen LogP contribution in [-0.4, -0.2) is 45.3 Å². The zero-order valence-electron chi connectivity index (χ0n) is 12.1. The van der Waals surface area contributed by atoms with E-state index in [1.807, 2.05) is 0 Å². The van der Waals surface area contributed by atoms with E-state index >= 15 is 0 Å². The maximum absolute atomic E-state index is 11.9. The number of aromatic nitrogens is 2. The van der Waals surface area contributed by atoms with E-state index in [9.17, 15) is 4.79 Å². The lowest BCUT2D eigenvalue weighted by Crippen LogP contribution is -2.32. The van der Waals surface area contributed by atoms with Crippen LogP contribution in [0, 0.1) is 0 Å². The zero-order valence-corrected chi connectivity index (χ0v) is 12.1. The highest BCUT2D eigenvalue weighted by Gasteiger charge is 2.28. The van der Waals surface area contributed by atoms with E-state index < -0.39 is 0 Å². The van der Waals surface area contributed by atoms with Crippen molar-refractivity contribution in [3.63, 3.8) is 0 Å². The molecule has 1 aliphatic rings. The van der Waals surface area contributed by atoms with Gasteiger partial charge in [-0.3, -0.25) is 9.47 Å². The molecule has 114 valence electrons. The normalized spacial score (nSPS) is 15.1. The van der Waals surface area contributed by atoms with E-state index in [4.69, 9.17) is 9.52 Å². The van der Waals surface area contributed by atoms with Crippen LogP contribution < -0.4 is 5.76 Å². The van der Waals surface area contributed by atoms with Crippen LogP contribution in [-0.2, 0) is 6.54 Å². The number of nitrogens with zero attached hydrogens (tertiary/aromatic N) is 3. The number of rotatable bonds is 8. The standard InChI is InChI=1S/C15H21N3O3/c19-11-2-1-8-17(12-5-6-12)9-10-18-14-13(21-15(18)20)4-3-7-16-14/h3-4,7,12,19H,1-2,5-6,8-11H2. The molecule has 0 atom stereocenters. The van der Waals surface area contributed by atoms with E-state index in [0.717, 1.165) is 25.9 Å². The minimum absolute atomic E-state index is 0.244. The fourth-order valence-corrected chi connectivity index (χ4v) is 2.67. The molecule has 2 aromatic rings. The summed E-state index contributed by atoms with van der Waals surface area (Å²) in [4.78, 5) is 18.5. The van der Waals surface area contributed by atoms with E-state index in [1.54, 1.807) is 22.9 Å². The Hall–Kier alpha value is -1.66. The first-order valence-electron chi connectivity index (χ1n) is 7.59. The van der Waals surface area contributed by atoms with Crippen molar-refractivity contribution in [2.45, 2.75) is 38.3 Å². The molecule has 3 rings (SSSR count). The predicted molar refractivity (Wildman–Crippen MR) is 79.2 cm³/mol. The second kappa shape index (κ2) is 6.41. The summed E-state index contributed by atoms with van der Waals surface area (Å²) in [5.41, 5.74) is 1.16. The Labute approximate surface area is 123 Å². The van der Waals surface area contributed by atoms with Crippen LogP contribution >= 0.6 is 0 Å². The SMILES string of the molecule is O=c1oc2cccnc2n1CCN(CCCCO)C1CC1. The lowest BCUT2D eigenvalue weighted by Gasteiger charge is -2.21. The molecule has 1 saturated carbocycles. The Morgan fingerprint density at radius 2 is 2.24 bits per heavy atom. The third kappa shape index (κ3) is 3.33. The van der Waals surface area contributed by atoms with Gasteiger partial charge in [0.15, 0.2) is 11.2 Å².